The Kier molecular flexibility index (Phi) is 9.75. The molecule has 11 nitrogen and oxygen atoms in total. The molecule has 0 spiro atoms. The number of carbonyl (C=O) groups is 2. The number of pyridine rings is 1. The Hall–Kier alpha value is -5.19. The maximum absolute atomic E-state index is 13.0. The Labute approximate surface area is 244 Å². The summed E-state index contributed by atoms with van der Waals surface area (Å²) in [7, 11) is 0. The van der Waals surface area contributed by atoms with Gasteiger partial charge in [0.05, 0.1) is 6.61 Å². The standard InChI is InChI=1S/C31H33N7O4/c39-30-20-42-26-11-5-9-24(17-26)37-29-18-28(34-21-35-29)36-23-8-4-10-25(16-23)41-14-3-1-2-13-33-31(40)27(38-30)15-22-7-6-12-32-19-22/h4-12,16-19,21,27H,1-3,13-15,20H2,(H,33,40)(H,38,39)(H2,34,35,36,37). The van der Waals surface area contributed by atoms with Gasteiger partial charge in [0.2, 0.25) is 5.91 Å². The van der Waals surface area contributed by atoms with Crippen LogP contribution in [0.4, 0.5) is 23.0 Å². The quantitative estimate of drug-likeness (QED) is 0.281. The average Bonchev–Trinajstić information content (AvgIpc) is 3.00. The van der Waals surface area contributed by atoms with Crippen LogP contribution in [0, 0.1) is 0 Å². The fourth-order valence-electron chi connectivity index (χ4n) is 4.39. The predicted octanol–water partition coefficient (Wildman–Crippen LogP) is 4.14. The molecular formula is C31H33N7O4. The van der Waals surface area contributed by atoms with Crippen molar-refractivity contribution in [2.24, 2.45) is 0 Å². The molecule has 2 amide bonds. The van der Waals surface area contributed by atoms with Gasteiger partial charge < -0.3 is 30.7 Å². The van der Waals surface area contributed by atoms with Gasteiger partial charge in [-0.25, -0.2) is 9.97 Å². The number of hydrogen-bond donors (Lipinski definition) is 4. The van der Waals surface area contributed by atoms with Crippen LogP contribution in [0.2, 0.25) is 0 Å². The second-order valence-corrected chi connectivity index (χ2v) is 9.77. The molecule has 4 aromatic rings. The SMILES string of the molecule is O=C1COc2cccc(c2)Nc2cc(ncn2)Nc2cccc(c2)OCCCCCNC(=O)C(Cc2cccnc2)N1. The molecule has 216 valence electrons. The Morgan fingerprint density at radius 3 is 2.26 bits per heavy atom. The van der Waals surface area contributed by atoms with E-state index in [2.05, 4.69) is 36.2 Å². The summed E-state index contributed by atoms with van der Waals surface area (Å²) in [6, 6.07) is 19.6. The van der Waals surface area contributed by atoms with Gasteiger partial charge in [-0.2, -0.15) is 0 Å². The molecule has 42 heavy (non-hydrogen) atoms. The molecule has 2 aromatic carbocycles. The predicted molar refractivity (Wildman–Crippen MR) is 159 cm³/mol. The van der Waals surface area contributed by atoms with E-state index in [0.29, 0.717) is 37.0 Å². The van der Waals surface area contributed by atoms with Crippen molar-refractivity contribution in [3.8, 4) is 11.5 Å². The van der Waals surface area contributed by atoms with Gasteiger partial charge in [0.25, 0.3) is 5.91 Å². The highest BCUT2D eigenvalue weighted by Crippen LogP contribution is 2.24. The Morgan fingerprint density at radius 1 is 0.810 bits per heavy atom. The van der Waals surface area contributed by atoms with Crippen LogP contribution in [0.1, 0.15) is 24.8 Å². The van der Waals surface area contributed by atoms with Crippen molar-refractivity contribution in [2.45, 2.75) is 31.7 Å². The van der Waals surface area contributed by atoms with Crippen molar-refractivity contribution in [1.82, 2.24) is 25.6 Å². The largest absolute Gasteiger partial charge is 0.494 e. The number of carbonyl (C=O) groups excluding carboxylic acids is 2. The van der Waals surface area contributed by atoms with Crippen LogP contribution in [0.25, 0.3) is 0 Å². The number of nitrogens with zero attached hydrogens (tertiary/aromatic N) is 3. The summed E-state index contributed by atoms with van der Waals surface area (Å²) >= 11 is 0. The monoisotopic (exact) mass is 567 g/mol. The Balaban J connectivity index is 1.32. The second-order valence-electron chi connectivity index (χ2n) is 9.77. The molecule has 6 bridgehead atoms. The highest BCUT2D eigenvalue weighted by atomic mass is 16.5. The van der Waals surface area contributed by atoms with Crippen molar-refractivity contribution >= 4 is 34.8 Å². The lowest BCUT2D eigenvalue weighted by molar-refractivity contribution is -0.130. The fourth-order valence-corrected chi connectivity index (χ4v) is 4.39. The Bertz CT molecular complexity index is 1490. The average molecular weight is 568 g/mol. The zero-order valence-corrected chi connectivity index (χ0v) is 23.1. The molecule has 0 saturated heterocycles. The molecule has 0 aliphatic carbocycles. The second kappa shape index (κ2) is 14.4. The van der Waals surface area contributed by atoms with Gasteiger partial charge >= 0.3 is 0 Å². The molecule has 1 unspecified atom stereocenters. The van der Waals surface area contributed by atoms with Crippen molar-refractivity contribution in [3.05, 3.63) is 91.0 Å². The topological polar surface area (TPSA) is 139 Å². The van der Waals surface area contributed by atoms with E-state index in [0.717, 1.165) is 42.0 Å². The van der Waals surface area contributed by atoms with Crippen LogP contribution < -0.4 is 30.7 Å². The van der Waals surface area contributed by atoms with Crippen molar-refractivity contribution in [1.29, 1.82) is 0 Å². The van der Waals surface area contributed by atoms with E-state index in [1.165, 1.54) is 6.33 Å². The van der Waals surface area contributed by atoms with Gasteiger partial charge in [-0.3, -0.25) is 14.6 Å². The highest BCUT2D eigenvalue weighted by Gasteiger charge is 2.21. The molecule has 3 heterocycles. The fraction of sp³-hybridized carbons (Fsp3) is 0.258. The first-order chi connectivity index (χ1) is 20.6. The number of anilines is 4. The van der Waals surface area contributed by atoms with Gasteiger partial charge in [-0.1, -0.05) is 18.2 Å². The van der Waals surface area contributed by atoms with Crippen LogP contribution in [0.15, 0.2) is 85.5 Å². The molecule has 1 aliphatic heterocycles. The molecule has 1 aliphatic rings. The normalized spacial score (nSPS) is 16.6. The number of benzene rings is 2. The van der Waals surface area contributed by atoms with Gasteiger partial charge in [-0.05, 0) is 55.2 Å². The van der Waals surface area contributed by atoms with Crippen molar-refractivity contribution in [2.75, 3.05) is 30.4 Å². The summed E-state index contributed by atoms with van der Waals surface area (Å²) < 4.78 is 11.7. The molecule has 0 saturated carbocycles. The lowest BCUT2D eigenvalue weighted by atomic mass is 10.1. The molecule has 5 rings (SSSR count). The van der Waals surface area contributed by atoms with Crippen LogP contribution in [0.3, 0.4) is 0 Å². The van der Waals surface area contributed by atoms with Gasteiger partial charge in [-0.15, -0.1) is 0 Å². The van der Waals surface area contributed by atoms with E-state index in [1.54, 1.807) is 36.7 Å². The number of ether oxygens (including phenoxy) is 2. The smallest absolute Gasteiger partial charge is 0.258 e. The molecule has 4 N–H and O–H groups in total. The van der Waals surface area contributed by atoms with E-state index in [9.17, 15) is 9.59 Å². The number of rotatable bonds is 2. The highest BCUT2D eigenvalue weighted by molar-refractivity contribution is 5.88. The van der Waals surface area contributed by atoms with E-state index in [-0.39, 0.29) is 12.5 Å². The summed E-state index contributed by atoms with van der Waals surface area (Å²) in [6.07, 6.45) is 7.64. The van der Waals surface area contributed by atoms with Gasteiger partial charge in [0.15, 0.2) is 6.61 Å². The van der Waals surface area contributed by atoms with Crippen LogP contribution >= 0.6 is 0 Å². The summed E-state index contributed by atoms with van der Waals surface area (Å²) in [4.78, 5) is 38.6. The maximum atomic E-state index is 13.0. The third kappa shape index (κ3) is 8.65. The van der Waals surface area contributed by atoms with E-state index >= 15 is 0 Å². The number of hydrogen-bond acceptors (Lipinski definition) is 9. The maximum Gasteiger partial charge on any atom is 0.258 e. The van der Waals surface area contributed by atoms with E-state index in [4.69, 9.17) is 9.47 Å². The summed E-state index contributed by atoms with van der Waals surface area (Å²) in [5.74, 6) is 1.78. The first-order valence-corrected chi connectivity index (χ1v) is 13.9. The van der Waals surface area contributed by atoms with E-state index in [1.807, 2.05) is 42.5 Å². The first kappa shape index (κ1) is 28.3. The van der Waals surface area contributed by atoms with Crippen molar-refractivity contribution in [3.63, 3.8) is 0 Å². The van der Waals surface area contributed by atoms with Crippen LogP contribution in [0.5, 0.6) is 11.5 Å². The lowest BCUT2D eigenvalue weighted by Crippen LogP contribution is -2.49. The zero-order valence-electron chi connectivity index (χ0n) is 23.1. The third-order valence-corrected chi connectivity index (χ3v) is 6.45. The first-order valence-electron chi connectivity index (χ1n) is 13.9. The number of amides is 2. The molecule has 1 atom stereocenters. The molecule has 0 radical (unpaired) electrons. The third-order valence-electron chi connectivity index (χ3n) is 6.45. The molecule has 2 aromatic heterocycles. The van der Waals surface area contributed by atoms with Gasteiger partial charge in [0, 0.05) is 54.9 Å². The number of nitrogens with one attached hydrogen (secondary N) is 4. The summed E-state index contributed by atoms with van der Waals surface area (Å²) in [5.41, 5.74) is 2.40. The van der Waals surface area contributed by atoms with E-state index < -0.39 is 11.9 Å². The molecular weight excluding hydrogens is 534 g/mol. The summed E-state index contributed by atoms with van der Waals surface area (Å²) in [6.45, 7) is 0.799. The number of fused-ring (bicyclic) bond motifs is 6. The van der Waals surface area contributed by atoms with Crippen molar-refractivity contribution < 1.29 is 19.1 Å². The minimum atomic E-state index is -0.764. The Morgan fingerprint density at radius 2 is 1.55 bits per heavy atom. The van der Waals surface area contributed by atoms with Gasteiger partial charge in [0.1, 0.15) is 35.5 Å². The molecule has 0 fully saturated rings. The van der Waals surface area contributed by atoms with Crippen LogP contribution in [-0.2, 0) is 16.0 Å². The van der Waals surface area contributed by atoms with Crippen LogP contribution in [-0.4, -0.2) is 52.6 Å². The minimum Gasteiger partial charge on any atom is -0.494 e. The lowest BCUT2D eigenvalue weighted by Gasteiger charge is -2.19. The molecule has 11 heteroatoms. The summed E-state index contributed by atoms with van der Waals surface area (Å²) in [5, 5.41) is 12.3. The zero-order chi connectivity index (χ0) is 29.0. The number of aromatic nitrogens is 3. The minimum absolute atomic E-state index is 0.249.